The zero-order valence-electron chi connectivity index (χ0n) is 6.10. The van der Waals surface area contributed by atoms with Crippen LogP contribution in [0.1, 0.15) is 5.82 Å². The second-order valence-corrected chi connectivity index (χ2v) is 1.86. The second-order valence-electron chi connectivity index (χ2n) is 1.86. The second kappa shape index (κ2) is 4.46. The fourth-order valence-electron chi connectivity index (χ4n) is 0.551. The van der Waals surface area contributed by atoms with Gasteiger partial charge in [0.25, 0.3) is 0 Å². The van der Waals surface area contributed by atoms with Gasteiger partial charge >= 0.3 is 5.97 Å². The van der Waals surface area contributed by atoms with Crippen LogP contribution in [-0.4, -0.2) is 21.0 Å². The van der Waals surface area contributed by atoms with Crippen molar-refractivity contribution in [1.82, 2.24) is 9.97 Å². The predicted octanol–water partition coefficient (Wildman–Crippen LogP) is 0.996. The van der Waals surface area contributed by atoms with E-state index in [1.807, 2.05) is 0 Å². The average Bonchev–Trinajstić information content (AvgIpc) is 2.05. The van der Waals surface area contributed by atoms with Crippen molar-refractivity contribution in [1.29, 1.82) is 0 Å². The molecule has 0 aliphatic rings. The standard InChI is InChI=1S/C7H6N2O2.ClH/c1-5(7(10)11)6-8-3-2-4-9-6;/h2-4H,1H2,(H,10,11);1H. The van der Waals surface area contributed by atoms with E-state index in [0.29, 0.717) is 0 Å². The van der Waals surface area contributed by atoms with E-state index in [-0.39, 0.29) is 23.8 Å². The van der Waals surface area contributed by atoms with Gasteiger partial charge in [-0.2, -0.15) is 0 Å². The molecule has 0 spiro atoms. The molecule has 0 unspecified atom stereocenters. The molecule has 0 saturated carbocycles. The van der Waals surface area contributed by atoms with Crippen molar-refractivity contribution in [2.45, 2.75) is 0 Å². The Morgan fingerprint density at radius 3 is 2.33 bits per heavy atom. The molecular weight excluding hydrogens is 180 g/mol. The van der Waals surface area contributed by atoms with Crippen molar-refractivity contribution < 1.29 is 9.90 Å². The summed E-state index contributed by atoms with van der Waals surface area (Å²) >= 11 is 0. The summed E-state index contributed by atoms with van der Waals surface area (Å²) in [6.07, 6.45) is 2.94. The minimum atomic E-state index is -1.10. The molecule has 5 heteroatoms. The van der Waals surface area contributed by atoms with Crippen LogP contribution in [0.15, 0.2) is 25.0 Å². The van der Waals surface area contributed by atoms with E-state index in [9.17, 15) is 4.79 Å². The lowest BCUT2D eigenvalue weighted by molar-refractivity contribution is -0.130. The highest BCUT2D eigenvalue weighted by molar-refractivity contribution is 6.13. The van der Waals surface area contributed by atoms with Crippen LogP contribution in [0.2, 0.25) is 0 Å². The van der Waals surface area contributed by atoms with Gasteiger partial charge in [-0.3, -0.25) is 0 Å². The number of carbonyl (C=O) groups is 1. The van der Waals surface area contributed by atoms with Gasteiger partial charge in [0, 0.05) is 12.4 Å². The highest BCUT2D eigenvalue weighted by Crippen LogP contribution is 2.03. The van der Waals surface area contributed by atoms with E-state index in [1.54, 1.807) is 6.07 Å². The Morgan fingerprint density at radius 1 is 1.42 bits per heavy atom. The maximum Gasteiger partial charge on any atom is 0.338 e. The molecule has 1 aromatic rings. The molecule has 1 heterocycles. The number of carboxylic acid groups (broad SMARTS) is 1. The Morgan fingerprint density at radius 2 is 1.92 bits per heavy atom. The van der Waals surface area contributed by atoms with E-state index < -0.39 is 5.97 Å². The summed E-state index contributed by atoms with van der Waals surface area (Å²) < 4.78 is 0. The van der Waals surface area contributed by atoms with Crippen molar-refractivity contribution in [3.8, 4) is 0 Å². The quantitative estimate of drug-likeness (QED) is 0.700. The van der Waals surface area contributed by atoms with Crippen LogP contribution >= 0.6 is 12.4 Å². The Kier molecular flexibility index (Phi) is 3.93. The number of hydrogen-bond donors (Lipinski definition) is 1. The molecule has 0 fully saturated rings. The zero-order valence-corrected chi connectivity index (χ0v) is 6.91. The largest absolute Gasteiger partial charge is 0.478 e. The van der Waals surface area contributed by atoms with Crippen LogP contribution < -0.4 is 0 Å². The van der Waals surface area contributed by atoms with Crippen LogP contribution in [0.3, 0.4) is 0 Å². The van der Waals surface area contributed by atoms with E-state index in [2.05, 4.69) is 16.5 Å². The van der Waals surface area contributed by atoms with Crippen molar-refractivity contribution >= 4 is 23.9 Å². The lowest BCUT2D eigenvalue weighted by atomic mass is 10.3. The molecular formula is C7H7ClN2O2. The Hall–Kier alpha value is -1.42. The molecule has 0 aliphatic heterocycles. The number of nitrogens with zero attached hydrogens (tertiary/aromatic N) is 2. The zero-order chi connectivity index (χ0) is 8.27. The van der Waals surface area contributed by atoms with Crippen molar-refractivity contribution in [2.75, 3.05) is 0 Å². The molecule has 0 bridgehead atoms. The molecule has 0 aliphatic carbocycles. The summed E-state index contributed by atoms with van der Waals surface area (Å²) in [5, 5.41) is 8.46. The van der Waals surface area contributed by atoms with Gasteiger partial charge in [0.05, 0.1) is 5.57 Å². The molecule has 64 valence electrons. The van der Waals surface area contributed by atoms with Gasteiger partial charge in [0.1, 0.15) is 0 Å². The van der Waals surface area contributed by atoms with Crippen LogP contribution in [-0.2, 0) is 4.79 Å². The average molecular weight is 187 g/mol. The van der Waals surface area contributed by atoms with Crippen molar-refractivity contribution in [2.24, 2.45) is 0 Å². The molecule has 0 atom stereocenters. The van der Waals surface area contributed by atoms with Gasteiger partial charge in [0.15, 0.2) is 5.82 Å². The fraction of sp³-hybridized carbons (Fsp3) is 0. The summed E-state index contributed by atoms with van der Waals surface area (Å²) in [7, 11) is 0. The number of hydrogen-bond acceptors (Lipinski definition) is 3. The number of rotatable bonds is 2. The minimum absolute atomic E-state index is 0. The molecule has 1 rings (SSSR count). The number of aromatic nitrogens is 2. The van der Waals surface area contributed by atoms with Crippen molar-refractivity contribution in [3.05, 3.63) is 30.9 Å². The molecule has 1 N–H and O–H groups in total. The minimum Gasteiger partial charge on any atom is -0.478 e. The first-order chi connectivity index (χ1) is 5.22. The fourth-order valence-corrected chi connectivity index (χ4v) is 0.551. The lowest BCUT2D eigenvalue weighted by Crippen LogP contribution is -2.01. The predicted molar refractivity (Wildman–Crippen MR) is 45.9 cm³/mol. The smallest absolute Gasteiger partial charge is 0.338 e. The van der Waals surface area contributed by atoms with E-state index in [4.69, 9.17) is 5.11 Å². The molecule has 4 nitrogen and oxygen atoms in total. The van der Waals surface area contributed by atoms with Gasteiger partial charge in [-0.05, 0) is 6.07 Å². The third-order valence-electron chi connectivity index (χ3n) is 1.09. The first-order valence-corrected chi connectivity index (χ1v) is 2.91. The maximum absolute atomic E-state index is 10.3. The summed E-state index contributed by atoms with van der Waals surface area (Å²) in [5.74, 6) is -0.948. The Bertz CT molecular complexity index is 287. The van der Waals surface area contributed by atoms with Crippen LogP contribution in [0, 0.1) is 0 Å². The number of carboxylic acids is 1. The first kappa shape index (κ1) is 10.6. The summed E-state index contributed by atoms with van der Waals surface area (Å²) in [5.41, 5.74) is -0.0920. The SMILES string of the molecule is C=C(C(=O)O)c1ncccn1.Cl. The normalized spacial score (nSPS) is 8.33. The molecule has 0 aromatic carbocycles. The topological polar surface area (TPSA) is 63.1 Å². The van der Waals surface area contributed by atoms with Gasteiger partial charge in [0.2, 0.25) is 0 Å². The third kappa shape index (κ3) is 2.32. The van der Waals surface area contributed by atoms with Crippen LogP contribution in [0.25, 0.3) is 5.57 Å². The van der Waals surface area contributed by atoms with Crippen LogP contribution in [0.5, 0.6) is 0 Å². The summed E-state index contributed by atoms with van der Waals surface area (Å²) in [6.45, 7) is 3.30. The highest BCUT2D eigenvalue weighted by atomic mass is 35.5. The lowest BCUT2D eigenvalue weighted by Gasteiger charge is -1.94. The van der Waals surface area contributed by atoms with E-state index in [1.165, 1.54) is 12.4 Å². The van der Waals surface area contributed by atoms with Crippen molar-refractivity contribution in [3.63, 3.8) is 0 Å². The monoisotopic (exact) mass is 186 g/mol. The Labute approximate surface area is 75.4 Å². The van der Waals surface area contributed by atoms with E-state index >= 15 is 0 Å². The molecule has 0 saturated heterocycles. The number of aliphatic carboxylic acids is 1. The van der Waals surface area contributed by atoms with E-state index in [0.717, 1.165) is 0 Å². The molecule has 12 heavy (non-hydrogen) atoms. The maximum atomic E-state index is 10.3. The summed E-state index contributed by atoms with van der Waals surface area (Å²) in [6, 6.07) is 1.61. The molecule has 0 amide bonds. The van der Waals surface area contributed by atoms with Gasteiger partial charge in [-0.25, -0.2) is 14.8 Å². The molecule has 0 radical (unpaired) electrons. The van der Waals surface area contributed by atoms with Gasteiger partial charge in [-0.15, -0.1) is 12.4 Å². The van der Waals surface area contributed by atoms with Gasteiger partial charge in [-0.1, -0.05) is 6.58 Å². The summed E-state index contributed by atoms with van der Waals surface area (Å²) in [4.78, 5) is 17.7. The third-order valence-corrected chi connectivity index (χ3v) is 1.09. The van der Waals surface area contributed by atoms with Gasteiger partial charge < -0.3 is 5.11 Å². The molecule has 1 aromatic heterocycles. The van der Waals surface area contributed by atoms with Crippen LogP contribution in [0.4, 0.5) is 0 Å². The Balaban J connectivity index is 0.00000121. The first-order valence-electron chi connectivity index (χ1n) is 2.91. The highest BCUT2D eigenvalue weighted by Gasteiger charge is 2.07. The number of halogens is 1.